The Kier molecular flexibility index (Phi) is 3.70. The molecule has 0 saturated heterocycles. The predicted octanol–water partition coefficient (Wildman–Crippen LogP) is 2.62. The van der Waals surface area contributed by atoms with Gasteiger partial charge in [0.25, 0.3) is 5.91 Å². The van der Waals surface area contributed by atoms with Crippen molar-refractivity contribution in [1.82, 2.24) is 4.98 Å². The van der Waals surface area contributed by atoms with Crippen LogP contribution < -0.4 is 4.90 Å². The number of nitrogens with zero attached hydrogens (tertiary/aromatic N) is 3. The molecule has 1 amide bonds. The molecule has 0 fully saturated rings. The van der Waals surface area contributed by atoms with Crippen LogP contribution in [0.15, 0.2) is 35.8 Å². The zero-order valence-corrected chi connectivity index (χ0v) is 10.6. The lowest BCUT2D eigenvalue weighted by atomic mass is 10.2. The second-order valence-corrected chi connectivity index (χ2v) is 4.51. The lowest BCUT2D eigenvalue weighted by Gasteiger charge is -2.18. The molecule has 0 aliphatic rings. The van der Waals surface area contributed by atoms with Crippen molar-refractivity contribution in [3.63, 3.8) is 0 Å². The van der Waals surface area contributed by atoms with E-state index in [1.54, 1.807) is 12.4 Å². The summed E-state index contributed by atoms with van der Waals surface area (Å²) in [5.74, 6) is -0.178. The number of anilines is 1. The van der Waals surface area contributed by atoms with E-state index >= 15 is 0 Å². The Bertz CT molecular complexity index is 586. The quantitative estimate of drug-likeness (QED) is 0.794. The average Bonchev–Trinajstić information content (AvgIpc) is 2.82. The van der Waals surface area contributed by atoms with Crippen LogP contribution in [0.25, 0.3) is 0 Å². The van der Waals surface area contributed by atoms with Crippen molar-refractivity contribution in [1.29, 1.82) is 5.26 Å². The molecule has 4 nitrogen and oxygen atoms in total. The maximum atomic E-state index is 12.4. The van der Waals surface area contributed by atoms with E-state index in [4.69, 9.17) is 5.26 Å². The first-order chi connectivity index (χ1) is 8.74. The Morgan fingerprint density at radius 3 is 2.72 bits per heavy atom. The molecule has 0 aliphatic heterocycles. The van der Waals surface area contributed by atoms with Gasteiger partial charge in [-0.05, 0) is 19.1 Å². The van der Waals surface area contributed by atoms with Crippen molar-refractivity contribution in [2.24, 2.45) is 0 Å². The second kappa shape index (κ2) is 5.43. The molecule has 18 heavy (non-hydrogen) atoms. The van der Waals surface area contributed by atoms with Gasteiger partial charge in [0.05, 0.1) is 17.3 Å². The first-order valence-electron chi connectivity index (χ1n) is 5.38. The Morgan fingerprint density at radius 1 is 1.44 bits per heavy atom. The van der Waals surface area contributed by atoms with Crippen LogP contribution in [-0.4, -0.2) is 17.4 Å². The van der Waals surface area contributed by atoms with Crippen LogP contribution in [0.3, 0.4) is 0 Å². The predicted molar refractivity (Wildman–Crippen MR) is 70.6 cm³/mol. The van der Waals surface area contributed by atoms with Crippen molar-refractivity contribution in [2.45, 2.75) is 6.92 Å². The van der Waals surface area contributed by atoms with Crippen LogP contribution in [0.2, 0.25) is 0 Å². The van der Waals surface area contributed by atoms with E-state index < -0.39 is 0 Å². The van der Waals surface area contributed by atoms with E-state index in [-0.39, 0.29) is 12.5 Å². The number of aromatic nitrogens is 1. The summed E-state index contributed by atoms with van der Waals surface area (Å²) < 4.78 is 0. The van der Waals surface area contributed by atoms with Crippen LogP contribution in [0.1, 0.15) is 15.4 Å². The van der Waals surface area contributed by atoms with Gasteiger partial charge in [-0.1, -0.05) is 18.2 Å². The lowest BCUT2D eigenvalue weighted by molar-refractivity contribution is 0.0993. The summed E-state index contributed by atoms with van der Waals surface area (Å²) in [6.45, 7) is 1.82. The van der Waals surface area contributed by atoms with Gasteiger partial charge in [0, 0.05) is 5.69 Å². The maximum Gasteiger partial charge on any atom is 0.271 e. The number of benzene rings is 1. The molecule has 90 valence electrons. The van der Waals surface area contributed by atoms with E-state index in [0.29, 0.717) is 10.6 Å². The molecular formula is C13H11N3OS. The number of para-hydroxylation sites is 1. The molecule has 1 aromatic heterocycles. The smallest absolute Gasteiger partial charge is 0.271 e. The second-order valence-electron chi connectivity index (χ2n) is 3.65. The number of aryl methyl sites for hydroxylation is 1. The van der Waals surface area contributed by atoms with Crippen LogP contribution in [0.4, 0.5) is 5.69 Å². The molecule has 2 rings (SSSR count). The fraction of sp³-hybridized carbons (Fsp3) is 0.154. The van der Waals surface area contributed by atoms with Gasteiger partial charge in [-0.15, -0.1) is 11.3 Å². The normalized spacial score (nSPS) is 9.78. The molecule has 2 aromatic rings. The standard InChI is InChI=1S/C13H11N3OS/c1-10-12(18-9-15-10)13(17)16(8-7-14)11-5-3-2-4-6-11/h2-6,9H,8H2,1H3. The molecule has 0 N–H and O–H groups in total. The number of hydrogen-bond acceptors (Lipinski definition) is 4. The number of hydrogen-bond donors (Lipinski definition) is 0. The molecule has 0 aliphatic carbocycles. The summed E-state index contributed by atoms with van der Waals surface area (Å²) >= 11 is 1.29. The Hall–Kier alpha value is -2.19. The fourth-order valence-corrected chi connectivity index (χ4v) is 2.34. The van der Waals surface area contributed by atoms with Gasteiger partial charge in [-0.3, -0.25) is 9.69 Å². The van der Waals surface area contributed by atoms with Gasteiger partial charge in [0.15, 0.2) is 0 Å². The summed E-state index contributed by atoms with van der Waals surface area (Å²) in [7, 11) is 0. The highest BCUT2D eigenvalue weighted by Crippen LogP contribution is 2.20. The van der Waals surface area contributed by atoms with Crippen LogP contribution in [-0.2, 0) is 0 Å². The van der Waals surface area contributed by atoms with E-state index in [9.17, 15) is 4.79 Å². The van der Waals surface area contributed by atoms with Gasteiger partial charge in [0.1, 0.15) is 11.4 Å². The van der Waals surface area contributed by atoms with E-state index in [0.717, 1.165) is 5.69 Å². The number of amides is 1. The number of nitriles is 1. The van der Waals surface area contributed by atoms with Crippen molar-refractivity contribution in [3.8, 4) is 6.07 Å². The van der Waals surface area contributed by atoms with Crippen LogP contribution in [0.5, 0.6) is 0 Å². The number of rotatable bonds is 3. The van der Waals surface area contributed by atoms with Gasteiger partial charge < -0.3 is 0 Å². The van der Waals surface area contributed by atoms with E-state index in [2.05, 4.69) is 4.98 Å². The maximum absolute atomic E-state index is 12.4. The summed E-state index contributed by atoms with van der Waals surface area (Å²) in [5.41, 5.74) is 3.05. The van der Waals surface area contributed by atoms with Crippen LogP contribution in [0, 0.1) is 18.3 Å². The number of carbonyl (C=O) groups excluding carboxylic acids is 1. The topological polar surface area (TPSA) is 57.0 Å². The zero-order chi connectivity index (χ0) is 13.0. The molecule has 0 spiro atoms. The minimum absolute atomic E-state index is 0.0280. The Morgan fingerprint density at radius 2 is 2.17 bits per heavy atom. The highest BCUT2D eigenvalue weighted by molar-refractivity contribution is 7.12. The third-order valence-electron chi connectivity index (χ3n) is 2.48. The fourth-order valence-electron chi connectivity index (χ4n) is 1.59. The molecule has 0 bridgehead atoms. The Balaban J connectivity index is 2.35. The minimum Gasteiger partial charge on any atom is -0.294 e. The molecule has 0 radical (unpaired) electrons. The third kappa shape index (κ3) is 2.39. The van der Waals surface area contributed by atoms with Gasteiger partial charge in [0.2, 0.25) is 0 Å². The highest BCUT2D eigenvalue weighted by atomic mass is 32.1. The molecule has 0 atom stereocenters. The third-order valence-corrected chi connectivity index (χ3v) is 3.40. The molecule has 1 aromatic carbocycles. The average molecular weight is 257 g/mol. The number of thiazole rings is 1. The van der Waals surface area contributed by atoms with Gasteiger partial charge >= 0.3 is 0 Å². The summed E-state index contributed by atoms with van der Waals surface area (Å²) in [5, 5.41) is 8.86. The van der Waals surface area contributed by atoms with E-state index in [1.807, 2.05) is 36.4 Å². The zero-order valence-electron chi connectivity index (χ0n) is 9.83. The van der Waals surface area contributed by atoms with E-state index in [1.165, 1.54) is 16.2 Å². The van der Waals surface area contributed by atoms with Crippen molar-refractivity contribution in [3.05, 3.63) is 46.4 Å². The van der Waals surface area contributed by atoms with Gasteiger partial charge in [-0.25, -0.2) is 4.98 Å². The largest absolute Gasteiger partial charge is 0.294 e. The first-order valence-corrected chi connectivity index (χ1v) is 6.26. The summed E-state index contributed by atoms with van der Waals surface area (Å²) in [6.07, 6.45) is 0. The lowest BCUT2D eigenvalue weighted by Crippen LogP contribution is -2.31. The summed E-state index contributed by atoms with van der Waals surface area (Å²) in [4.78, 5) is 18.5. The monoisotopic (exact) mass is 257 g/mol. The minimum atomic E-state index is -0.178. The SMILES string of the molecule is Cc1ncsc1C(=O)N(CC#N)c1ccccc1. The molecular weight excluding hydrogens is 246 g/mol. The molecule has 5 heteroatoms. The molecule has 1 heterocycles. The highest BCUT2D eigenvalue weighted by Gasteiger charge is 2.20. The first kappa shape index (κ1) is 12.3. The molecule has 0 unspecified atom stereocenters. The van der Waals surface area contributed by atoms with Crippen molar-refractivity contribution in [2.75, 3.05) is 11.4 Å². The Labute approximate surface area is 109 Å². The number of carbonyl (C=O) groups is 1. The van der Waals surface area contributed by atoms with Crippen molar-refractivity contribution >= 4 is 22.9 Å². The summed E-state index contributed by atoms with van der Waals surface area (Å²) in [6, 6.07) is 11.2. The van der Waals surface area contributed by atoms with Crippen molar-refractivity contribution < 1.29 is 4.79 Å². The molecule has 0 saturated carbocycles. The van der Waals surface area contributed by atoms with Gasteiger partial charge in [-0.2, -0.15) is 5.26 Å². The van der Waals surface area contributed by atoms with Crippen LogP contribution >= 0.6 is 11.3 Å².